The van der Waals surface area contributed by atoms with E-state index in [0.29, 0.717) is 19.0 Å². The fourth-order valence-corrected chi connectivity index (χ4v) is 5.98. The molecular weight excluding hydrogens is 418 g/mol. The Morgan fingerprint density at radius 3 is 2.18 bits per heavy atom. The predicted octanol–water partition coefficient (Wildman–Crippen LogP) is 3.11. The van der Waals surface area contributed by atoms with Crippen LogP contribution in [0.25, 0.3) is 0 Å². The summed E-state index contributed by atoms with van der Waals surface area (Å²) in [6.07, 6.45) is 8.58. The predicted molar refractivity (Wildman–Crippen MR) is 125 cm³/mol. The Kier molecular flexibility index (Phi) is 5.33. The van der Waals surface area contributed by atoms with Crippen LogP contribution in [-0.4, -0.2) is 74.3 Å². The molecule has 0 radical (unpaired) electrons. The van der Waals surface area contributed by atoms with Gasteiger partial charge in [0.1, 0.15) is 0 Å². The number of urea groups is 1. The van der Waals surface area contributed by atoms with Crippen LogP contribution in [0, 0.1) is 0 Å². The molecule has 176 valence electrons. The van der Waals surface area contributed by atoms with E-state index in [2.05, 4.69) is 53.2 Å². The average Bonchev–Trinajstić information content (AvgIpc) is 3.06. The summed E-state index contributed by atoms with van der Waals surface area (Å²) in [6.45, 7) is 0.839. The van der Waals surface area contributed by atoms with Crippen molar-refractivity contribution < 1.29 is 15.0 Å². The lowest BCUT2D eigenvalue weighted by molar-refractivity contribution is -0.0725. The maximum absolute atomic E-state index is 13.6. The second-order valence-electron chi connectivity index (χ2n) is 10.3. The van der Waals surface area contributed by atoms with Gasteiger partial charge in [-0.2, -0.15) is 0 Å². The summed E-state index contributed by atoms with van der Waals surface area (Å²) in [6, 6.07) is 10.5. The van der Waals surface area contributed by atoms with E-state index in [1.165, 1.54) is 18.0 Å². The third-order valence-electron chi connectivity index (χ3n) is 8.26. The Balaban J connectivity index is 1.46. The van der Waals surface area contributed by atoms with E-state index >= 15 is 0 Å². The standard InChI is InChI=1S/C25H33N5O3/c1-28(2)25(19-7-4-3-5-8-19)13-11-23(12-14-25)17-29(21-26-15-20(31)16-27-21)22(32)30(23)18-24(33)9-6-10-24/h3-5,7-8,15-16,31,33H,6,9-14,17-18H2,1-2H3. The molecule has 33 heavy (non-hydrogen) atoms. The topological polar surface area (TPSA) is 93.0 Å². The summed E-state index contributed by atoms with van der Waals surface area (Å²) in [7, 11) is 4.27. The van der Waals surface area contributed by atoms with E-state index < -0.39 is 5.60 Å². The number of nitrogens with zero attached hydrogens (tertiary/aromatic N) is 5. The number of β-amino-alcohol motifs (C(OH)–C–C–N with tert-alkyl or cyclic N) is 1. The SMILES string of the molecule is CN(C)C1(c2ccccc2)CCC2(CC1)CN(c1ncc(O)cn1)C(=O)N2CC1(O)CCC1. The van der Waals surface area contributed by atoms with E-state index in [4.69, 9.17) is 0 Å². The molecule has 3 fully saturated rings. The number of hydrogen-bond acceptors (Lipinski definition) is 6. The molecule has 2 saturated carbocycles. The number of aromatic nitrogens is 2. The largest absolute Gasteiger partial charge is 0.505 e. The molecule has 1 saturated heterocycles. The van der Waals surface area contributed by atoms with Crippen molar-refractivity contribution in [2.45, 2.75) is 61.6 Å². The summed E-state index contributed by atoms with van der Waals surface area (Å²) in [4.78, 5) is 27.9. The van der Waals surface area contributed by atoms with Gasteiger partial charge in [-0.15, -0.1) is 0 Å². The number of anilines is 1. The van der Waals surface area contributed by atoms with Crippen LogP contribution in [0.1, 0.15) is 50.5 Å². The van der Waals surface area contributed by atoms with Crippen LogP contribution in [0.5, 0.6) is 5.75 Å². The minimum Gasteiger partial charge on any atom is -0.505 e. The smallest absolute Gasteiger partial charge is 0.327 e. The number of aromatic hydroxyl groups is 1. The van der Waals surface area contributed by atoms with Crippen molar-refractivity contribution in [3.63, 3.8) is 0 Å². The first-order valence-electron chi connectivity index (χ1n) is 11.8. The Hall–Kier alpha value is -2.71. The van der Waals surface area contributed by atoms with E-state index in [0.717, 1.165) is 44.9 Å². The van der Waals surface area contributed by atoms with Gasteiger partial charge < -0.3 is 15.1 Å². The molecule has 3 aliphatic rings. The first kappa shape index (κ1) is 22.1. The molecular formula is C25H33N5O3. The highest BCUT2D eigenvalue weighted by Crippen LogP contribution is 2.50. The van der Waals surface area contributed by atoms with Crippen molar-refractivity contribution in [2.24, 2.45) is 0 Å². The number of carbonyl (C=O) groups excluding carboxylic acids is 1. The van der Waals surface area contributed by atoms with Gasteiger partial charge >= 0.3 is 6.03 Å². The molecule has 2 N–H and O–H groups in total. The fourth-order valence-electron chi connectivity index (χ4n) is 5.98. The van der Waals surface area contributed by atoms with Gasteiger partial charge in [-0.05, 0) is 64.6 Å². The quantitative estimate of drug-likeness (QED) is 0.726. The molecule has 1 aromatic heterocycles. The molecule has 0 bridgehead atoms. The summed E-state index contributed by atoms with van der Waals surface area (Å²) in [5, 5.41) is 20.6. The van der Waals surface area contributed by atoms with Crippen molar-refractivity contribution in [3.8, 4) is 5.75 Å². The number of benzene rings is 1. The number of carbonyl (C=O) groups is 1. The van der Waals surface area contributed by atoms with Gasteiger partial charge in [0.05, 0.1) is 36.6 Å². The number of hydrogen-bond donors (Lipinski definition) is 2. The lowest BCUT2D eigenvalue weighted by atomic mass is 9.67. The third kappa shape index (κ3) is 3.65. The lowest BCUT2D eigenvalue weighted by Gasteiger charge is -2.52. The van der Waals surface area contributed by atoms with Crippen molar-refractivity contribution in [2.75, 3.05) is 32.1 Å². The van der Waals surface area contributed by atoms with Crippen LogP contribution >= 0.6 is 0 Å². The van der Waals surface area contributed by atoms with Crippen LogP contribution in [0.3, 0.4) is 0 Å². The summed E-state index contributed by atoms with van der Waals surface area (Å²) < 4.78 is 0. The van der Waals surface area contributed by atoms with Gasteiger partial charge in [0.25, 0.3) is 0 Å². The van der Waals surface area contributed by atoms with Crippen molar-refractivity contribution >= 4 is 12.0 Å². The molecule has 1 aliphatic heterocycles. The van der Waals surface area contributed by atoms with Gasteiger partial charge in [-0.25, -0.2) is 14.8 Å². The van der Waals surface area contributed by atoms with Gasteiger partial charge in [-0.3, -0.25) is 9.80 Å². The lowest BCUT2D eigenvalue weighted by Crippen LogP contribution is -2.59. The monoisotopic (exact) mass is 451 g/mol. The van der Waals surface area contributed by atoms with Crippen LogP contribution in [0.15, 0.2) is 42.7 Å². The van der Waals surface area contributed by atoms with Crippen LogP contribution in [0.4, 0.5) is 10.7 Å². The van der Waals surface area contributed by atoms with Gasteiger partial charge in [0, 0.05) is 5.54 Å². The number of aliphatic hydroxyl groups is 1. The zero-order valence-electron chi connectivity index (χ0n) is 19.4. The molecule has 1 spiro atoms. The Morgan fingerprint density at radius 1 is 1.00 bits per heavy atom. The summed E-state index contributed by atoms with van der Waals surface area (Å²) in [5.41, 5.74) is 0.0380. The maximum atomic E-state index is 13.6. The van der Waals surface area contributed by atoms with E-state index in [1.807, 2.05) is 11.0 Å². The first-order chi connectivity index (χ1) is 15.8. The second kappa shape index (κ2) is 7.95. The minimum absolute atomic E-state index is 0.0305. The first-order valence-corrected chi connectivity index (χ1v) is 11.8. The van der Waals surface area contributed by atoms with E-state index in [9.17, 15) is 15.0 Å². The molecule has 0 unspecified atom stereocenters. The van der Waals surface area contributed by atoms with E-state index in [1.54, 1.807) is 4.90 Å². The van der Waals surface area contributed by atoms with Crippen molar-refractivity contribution in [1.29, 1.82) is 0 Å². The molecule has 8 heteroatoms. The zero-order chi connectivity index (χ0) is 23.3. The third-order valence-corrected chi connectivity index (χ3v) is 8.26. The molecule has 2 aromatic rings. The molecule has 1 aromatic carbocycles. The average molecular weight is 452 g/mol. The van der Waals surface area contributed by atoms with Crippen molar-refractivity contribution in [3.05, 3.63) is 48.3 Å². The van der Waals surface area contributed by atoms with Gasteiger partial charge in [-0.1, -0.05) is 30.3 Å². The molecule has 2 aliphatic carbocycles. The van der Waals surface area contributed by atoms with Crippen LogP contribution < -0.4 is 4.90 Å². The number of amides is 2. The Bertz CT molecular complexity index is 998. The molecule has 0 atom stereocenters. The van der Waals surface area contributed by atoms with Gasteiger partial charge in [0.2, 0.25) is 5.95 Å². The highest BCUT2D eigenvalue weighted by Gasteiger charge is 2.57. The zero-order valence-corrected chi connectivity index (χ0v) is 19.4. The minimum atomic E-state index is -0.802. The summed E-state index contributed by atoms with van der Waals surface area (Å²) >= 11 is 0. The fraction of sp³-hybridized carbons (Fsp3) is 0.560. The highest BCUT2D eigenvalue weighted by molar-refractivity contribution is 5.93. The molecule has 5 rings (SSSR count). The second-order valence-corrected chi connectivity index (χ2v) is 10.3. The summed E-state index contributed by atoms with van der Waals surface area (Å²) in [5.74, 6) is 0.268. The molecule has 2 heterocycles. The molecule has 8 nitrogen and oxygen atoms in total. The Labute approximate surface area is 194 Å². The highest BCUT2D eigenvalue weighted by atomic mass is 16.3. The van der Waals surface area contributed by atoms with Gasteiger partial charge in [0.15, 0.2) is 5.75 Å². The van der Waals surface area contributed by atoms with Crippen molar-refractivity contribution in [1.82, 2.24) is 19.8 Å². The normalized spacial score (nSPS) is 29.0. The Morgan fingerprint density at radius 2 is 1.64 bits per heavy atom. The van der Waals surface area contributed by atoms with E-state index in [-0.39, 0.29) is 22.9 Å². The molecule has 2 amide bonds. The van der Waals surface area contributed by atoms with Crippen LogP contribution in [0.2, 0.25) is 0 Å². The number of rotatable bonds is 5. The van der Waals surface area contributed by atoms with Crippen LogP contribution in [-0.2, 0) is 5.54 Å². The maximum Gasteiger partial charge on any atom is 0.327 e.